The van der Waals surface area contributed by atoms with Crippen LogP contribution in [0.25, 0.3) is 0 Å². The molecule has 2 atom stereocenters. The highest BCUT2D eigenvalue weighted by molar-refractivity contribution is 7.91. The van der Waals surface area contributed by atoms with Gasteiger partial charge in [-0.25, -0.2) is 13.1 Å². The summed E-state index contributed by atoms with van der Waals surface area (Å²) in [7, 11) is -3.68. The van der Waals surface area contributed by atoms with E-state index >= 15 is 0 Å². The Balaban J connectivity index is 0.00000242. The Labute approximate surface area is 145 Å². The minimum Gasteiger partial charge on any atom is -0.352 e. The number of amides is 1. The second-order valence-electron chi connectivity index (χ2n) is 5.03. The Bertz CT molecular complexity index is 607. The third kappa shape index (κ3) is 5.68. The predicted molar refractivity (Wildman–Crippen MR) is 90.4 cm³/mol. The number of rotatable bonds is 5. The molecule has 10 heteroatoms. The summed E-state index contributed by atoms with van der Waals surface area (Å²) in [6, 6.07) is 3.38. The molecule has 1 aromatic rings. The molecule has 0 aliphatic carbocycles. The second kappa shape index (κ2) is 8.47. The largest absolute Gasteiger partial charge is 0.352 e. The van der Waals surface area contributed by atoms with E-state index < -0.39 is 10.0 Å². The van der Waals surface area contributed by atoms with Crippen LogP contribution in [0, 0.1) is 0 Å². The van der Waals surface area contributed by atoms with Gasteiger partial charge in [0.15, 0.2) is 0 Å². The zero-order chi connectivity index (χ0) is 15.5. The molecule has 2 rings (SSSR count). The Hall–Kier alpha value is -0.380. The van der Waals surface area contributed by atoms with Crippen molar-refractivity contribution in [1.82, 2.24) is 15.4 Å². The number of nitrogens with one attached hydrogen (secondary N) is 3. The Morgan fingerprint density at radius 2 is 2.23 bits per heavy atom. The third-order valence-corrected chi connectivity index (χ3v) is 6.35. The molecule has 1 aliphatic heterocycles. The van der Waals surface area contributed by atoms with Crippen molar-refractivity contribution in [3.8, 4) is 0 Å². The minimum atomic E-state index is -3.68. The molecule has 0 bridgehead atoms. The van der Waals surface area contributed by atoms with Gasteiger partial charge in [0.25, 0.3) is 10.0 Å². The van der Waals surface area contributed by atoms with Crippen LogP contribution in [-0.4, -0.2) is 39.5 Å². The molecular weight excluding hydrogens is 369 g/mol. The summed E-state index contributed by atoms with van der Waals surface area (Å²) in [5.41, 5.74) is 0. The van der Waals surface area contributed by atoms with Crippen LogP contribution in [0.1, 0.15) is 19.8 Å². The number of hydrogen-bond acceptors (Lipinski definition) is 5. The van der Waals surface area contributed by atoms with Crippen LogP contribution in [-0.2, 0) is 14.8 Å². The van der Waals surface area contributed by atoms with Gasteiger partial charge in [-0.1, -0.05) is 11.6 Å². The predicted octanol–water partition coefficient (Wildman–Crippen LogP) is 1.36. The van der Waals surface area contributed by atoms with Gasteiger partial charge < -0.3 is 10.6 Å². The number of sulfonamides is 1. The zero-order valence-electron chi connectivity index (χ0n) is 12.0. The molecule has 1 fully saturated rings. The Morgan fingerprint density at radius 3 is 2.82 bits per heavy atom. The number of halogens is 2. The Kier molecular flexibility index (Phi) is 7.57. The molecule has 0 saturated carbocycles. The maximum Gasteiger partial charge on any atom is 0.250 e. The van der Waals surface area contributed by atoms with Crippen LogP contribution in [0.2, 0.25) is 4.34 Å². The van der Waals surface area contributed by atoms with E-state index in [1.807, 2.05) is 0 Å². The lowest BCUT2D eigenvalue weighted by Gasteiger charge is -2.28. The van der Waals surface area contributed by atoms with Crippen LogP contribution >= 0.6 is 35.3 Å². The Morgan fingerprint density at radius 1 is 1.50 bits per heavy atom. The van der Waals surface area contributed by atoms with Crippen molar-refractivity contribution >= 4 is 51.3 Å². The van der Waals surface area contributed by atoms with Crippen molar-refractivity contribution in [2.75, 3.05) is 13.1 Å². The molecule has 0 radical (unpaired) electrons. The first kappa shape index (κ1) is 19.7. The van der Waals surface area contributed by atoms with Gasteiger partial charge in [-0.3, -0.25) is 4.79 Å². The lowest BCUT2D eigenvalue weighted by molar-refractivity contribution is -0.120. The zero-order valence-corrected chi connectivity index (χ0v) is 15.2. The van der Waals surface area contributed by atoms with E-state index in [9.17, 15) is 13.2 Å². The molecule has 0 spiro atoms. The van der Waals surface area contributed by atoms with Gasteiger partial charge in [0.05, 0.1) is 10.9 Å². The van der Waals surface area contributed by atoms with E-state index in [-0.39, 0.29) is 35.1 Å². The molecule has 1 amide bonds. The molecule has 2 unspecified atom stereocenters. The summed E-state index contributed by atoms with van der Waals surface area (Å²) in [6.07, 6.45) is 1.70. The van der Waals surface area contributed by atoms with Crippen molar-refractivity contribution in [2.45, 2.75) is 36.1 Å². The van der Waals surface area contributed by atoms with Gasteiger partial charge in [-0.05, 0) is 38.4 Å². The number of carbonyl (C=O) groups is 1. The fraction of sp³-hybridized carbons (Fsp3) is 0.583. The van der Waals surface area contributed by atoms with Crippen molar-refractivity contribution in [3.63, 3.8) is 0 Å². The van der Waals surface area contributed by atoms with Crippen molar-refractivity contribution < 1.29 is 13.2 Å². The molecule has 126 valence electrons. The van der Waals surface area contributed by atoms with E-state index in [0.29, 0.717) is 10.4 Å². The van der Waals surface area contributed by atoms with Crippen molar-refractivity contribution in [2.24, 2.45) is 0 Å². The topological polar surface area (TPSA) is 87.3 Å². The van der Waals surface area contributed by atoms with E-state index in [2.05, 4.69) is 22.3 Å². The molecule has 6 nitrogen and oxygen atoms in total. The number of thiophene rings is 1. The van der Waals surface area contributed by atoms with Gasteiger partial charge in [0, 0.05) is 12.1 Å². The first-order valence-electron chi connectivity index (χ1n) is 6.64. The molecule has 1 saturated heterocycles. The van der Waals surface area contributed by atoms with Crippen LogP contribution in [0.15, 0.2) is 16.3 Å². The summed E-state index contributed by atoms with van der Waals surface area (Å²) in [5.74, 6) is -0.319. The quantitative estimate of drug-likeness (QED) is 0.711. The fourth-order valence-corrected chi connectivity index (χ4v) is 4.72. The number of hydrogen-bond donors (Lipinski definition) is 3. The van der Waals surface area contributed by atoms with Gasteiger partial charge in [0.1, 0.15) is 4.21 Å². The van der Waals surface area contributed by atoms with E-state index in [1.165, 1.54) is 12.1 Å². The number of carbonyl (C=O) groups excluding carboxylic acids is 1. The smallest absolute Gasteiger partial charge is 0.250 e. The molecule has 1 aliphatic rings. The van der Waals surface area contributed by atoms with Crippen molar-refractivity contribution in [3.05, 3.63) is 16.5 Å². The summed E-state index contributed by atoms with van der Waals surface area (Å²) >= 11 is 6.67. The van der Waals surface area contributed by atoms with Gasteiger partial charge in [-0.2, -0.15) is 0 Å². The maximum atomic E-state index is 11.9. The summed E-state index contributed by atoms with van der Waals surface area (Å²) in [4.78, 5) is 11.8. The van der Waals surface area contributed by atoms with E-state index in [1.54, 1.807) is 0 Å². The minimum absolute atomic E-state index is 0. The van der Waals surface area contributed by atoms with E-state index in [4.69, 9.17) is 11.6 Å². The highest BCUT2D eigenvalue weighted by atomic mass is 35.5. The van der Waals surface area contributed by atoms with Gasteiger partial charge in [0.2, 0.25) is 5.91 Å². The summed E-state index contributed by atoms with van der Waals surface area (Å²) in [6.45, 7) is 2.64. The molecule has 2 heterocycles. The second-order valence-corrected chi connectivity index (χ2v) is 8.74. The third-order valence-electron chi connectivity index (χ3n) is 3.22. The van der Waals surface area contributed by atoms with Gasteiger partial charge in [-0.15, -0.1) is 23.7 Å². The highest BCUT2D eigenvalue weighted by Crippen LogP contribution is 2.25. The lowest BCUT2D eigenvalue weighted by atomic mass is 10.0. The van der Waals surface area contributed by atoms with Gasteiger partial charge >= 0.3 is 0 Å². The molecule has 22 heavy (non-hydrogen) atoms. The molecule has 1 aromatic heterocycles. The van der Waals surface area contributed by atoms with Crippen LogP contribution in [0.4, 0.5) is 0 Å². The van der Waals surface area contributed by atoms with Crippen LogP contribution < -0.4 is 15.4 Å². The monoisotopic (exact) mass is 387 g/mol. The van der Waals surface area contributed by atoms with Crippen LogP contribution in [0.5, 0.6) is 0 Å². The standard InChI is InChI=1S/C12H18ClN3O3S2.ClH/c1-8-6-9(4-5-14-8)16-11(17)7-15-21(18,19)12-3-2-10(13)20-12;/h2-3,8-9,14-15H,4-7H2,1H3,(H,16,17);1H. The average molecular weight is 388 g/mol. The molecule has 3 N–H and O–H groups in total. The number of piperidine rings is 1. The SMILES string of the molecule is CC1CC(NC(=O)CNS(=O)(=O)c2ccc(Cl)s2)CCN1.Cl. The average Bonchev–Trinajstić information content (AvgIpc) is 2.84. The maximum absolute atomic E-state index is 11.9. The normalized spacial score (nSPS) is 21.9. The first-order valence-corrected chi connectivity index (χ1v) is 9.32. The van der Waals surface area contributed by atoms with E-state index in [0.717, 1.165) is 30.7 Å². The summed E-state index contributed by atoms with van der Waals surface area (Å²) < 4.78 is 26.7. The highest BCUT2D eigenvalue weighted by Gasteiger charge is 2.22. The molecular formula is C12H19Cl2N3O3S2. The molecule has 0 aromatic carbocycles. The van der Waals surface area contributed by atoms with Crippen LogP contribution in [0.3, 0.4) is 0 Å². The lowest BCUT2D eigenvalue weighted by Crippen LogP contribution is -2.48. The van der Waals surface area contributed by atoms with Crippen molar-refractivity contribution in [1.29, 1.82) is 0 Å². The summed E-state index contributed by atoms with van der Waals surface area (Å²) in [5, 5.41) is 6.14. The fourth-order valence-electron chi connectivity index (χ4n) is 2.22. The first-order chi connectivity index (χ1) is 9.87.